The number of rotatable bonds is 10. The van der Waals surface area contributed by atoms with Gasteiger partial charge in [-0.15, -0.1) is 5.53 Å². The quantitative estimate of drug-likeness (QED) is 0.199. The van der Waals surface area contributed by atoms with Gasteiger partial charge in [0, 0.05) is 0 Å². The monoisotopic (exact) mass is 328 g/mol. The molecule has 0 aromatic rings. The molecule has 11 heteroatoms. The molecule has 0 aliphatic carbocycles. The van der Waals surface area contributed by atoms with Crippen LogP contribution in [0.1, 0.15) is 32.6 Å². The van der Waals surface area contributed by atoms with Gasteiger partial charge in [0.15, 0.2) is 0 Å². The van der Waals surface area contributed by atoms with Gasteiger partial charge in [0.25, 0.3) is 0 Å². The van der Waals surface area contributed by atoms with Gasteiger partial charge < -0.3 is 0 Å². The fourth-order valence-corrected chi connectivity index (χ4v) is 1.54. The number of hydrazine groups is 2. The van der Waals surface area contributed by atoms with E-state index in [0.29, 0.717) is 12.8 Å². The molecule has 0 heterocycles. The number of nitrogens with one attached hydrogen (secondary N) is 3. The lowest BCUT2D eigenvalue weighted by molar-refractivity contribution is -0.175. The van der Waals surface area contributed by atoms with E-state index in [1.165, 1.54) is 5.43 Å². The number of hydrogen-bond donors (Lipinski definition) is 4. The summed E-state index contributed by atoms with van der Waals surface area (Å²) in [6.07, 6.45) is -2.33. The summed E-state index contributed by atoms with van der Waals surface area (Å²) in [5.74, 6) is -3.87. The van der Waals surface area contributed by atoms with E-state index in [4.69, 9.17) is 5.21 Å². The summed E-state index contributed by atoms with van der Waals surface area (Å²) in [7, 11) is 0. The number of alkyl halides is 3. The Balaban J connectivity index is 4.36. The molecule has 0 saturated carbocycles. The van der Waals surface area contributed by atoms with E-state index in [1.807, 2.05) is 12.3 Å². The van der Waals surface area contributed by atoms with Crippen molar-refractivity contribution >= 4 is 18.2 Å². The second-order valence-corrected chi connectivity index (χ2v) is 4.49. The number of carbonyl (C=O) groups excluding carboxylic acids is 3. The average Bonchev–Trinajstić information content (AvgIpc) is 2.44. The van der Waals surface area contributed by atoms with E-state index in [0.717, 1.165) is 12.8 Å². The van der Waals surface area contributed by atoms with Gasteiger partial charge in [-0.2, -0.15) is 13.2 Å². The third kappa shape index (κ3) is 8.42. The maximum absolute atomic E-state index is 11.9. The zero-order valence-corrected chi connectivity index (χ0v) is 11.9. The number of unbranched alkanes of at least 4 members (excludes halogenated alkanes) is 2. The first-order valence-corrected chi connectivity index (χ1v) is 6.55. The largest absolute Gasteiger partial charge is 0.472 e. The highest BCUT2D eigenvalue weighted by molar-refractivity contribution is 5.82. The second kappa shape index (κ2) is 9.95. The highest BCUT2D eigenvalue weighted by Gasteiger charge is 2.38. The Hall–Kier alpha value is -1.88. The highest BCUT2D eigenvalue weighted by atomic mass is 19.4. The lowest BCUT2D eigenvalue weighted by atomic mass is 10.0. The van der Waals surface area contributed by atoms with Crippen LogP contribution < -0.4 is 16.4 Å². The summed E-state index contributed by atoms with van der Waals surface area (Å²) in [5.41, 5.74) is 4.77. The molecule has 0 aliphatic rings. The van der Waals surface area contributed by atoms with Crippen molar-refractivity contribution in [2.45, 2.75) is 38.8 Å². The molecule has 0 rings (SSSR count). The Kier molecular flexibility index (Phi) is 9.10. The SMILES string of the molecule is CCCCCC(CN(O)C=O)C(=O)NNNC(=O)C(F)(F)F. The van der Waals surface area contributed by atoms with Crippen LogP contribution in [-0.4, -0.2) is 41.2 Å². The number of amides is 3. The number of hydrogen-bond acceptors (Lipinski definition) is 5. The van der Waals surface area contributed by atoms with Crippen molar-refractivity contribution in [1.29, 1.82) is 0 Å². The molecule has 1 atom stereocenters. The van der Waals surface area contributed by atoms with Crippen LogP contribution in [0.3, 0.4) is 0 Å². The summed E-state index contributed by atoms with van der Waals surface area (Å²) in [6.45, 7) is 1.63. The zero-order valence-electron chi connectivity index (χ0n) is 11.9. The van der Waals surface area contributed by atoms with Crippen LogP contribution in [0.15, 0.2) is 0 Å². The first-order valence-electron chi connectivity index (χ1n) is 6.55. The van der Waals surface area contributed by atoms with Crippen molar-refractivity contribution in [1.82, 2.24) is 21.4 Å². The molecule has 0 saturated heterocycles. The smallest absolute Gasteiger partial charge is 0.286 e. The van der Waals surface area contributed by atoms with Crippen molar-refractivity contribution in [3.8, 4) is 0 Å². The first kappa shape index (κ1) is 20.1. The van der Waals surface area contributed by atoms with Crippen LogP contribution >= 0.6 is 0 Å². The highest BCUT2D eigenvalue weighted by Crippen LogP contribution is 2.13. The van der Waals surface area contributed by atoms with Gasteiger partial charge in [0.2, 0.25) is 12.3 Å². The van der Waals surface area contributed by atoms with E-state index >= 15 is 0 Å². The molecular formula is C11H19F3N4O4. The summed E-state index contributed by atoms with van der Waals surface area (Å²) in [6, 6.07) is 0. The van der Waals surface area contributed by atoms with Crippen molar-refractivity contribution in [2.24, 2.45) is 5.92 Å². The number of nitrogens with zero attached hydrogens (tertiary/aromatic N) is 1. The van der Waals surface area contributed by atoms with Crippen molar-refractivity contribution < 1.29 is 32.8 Å². The minimum absolute atomic E-state index is 0.110. The Bertz CT molecular complexity index is 379. The molecular weight excluding hydrogens is 309 g/mol. The molecule has 22 heavy (non-hydrogen) atoms. The Morgan fingerprint density at radius 1 is 1.27 bits per heavy atom. The standard InChI is InChI=1S/C11H19F3N4O4/c1-2-3-4-5-8(6-18(22)7-19)9(20)15-17-16-10(21)11(12,13)14/h7-8,17,22H,2-6H2,1H3,(H,15,20)(H,16,21). The third-order valence-electron chi connectivity index (χ3n) is 2.68. The van der Waals surface area contributed by atoms with Crippen LogP contribution in [0.5, 0.6) is 0 Å². The van der Waals surface area contributed by atoms with E-state index in [9.17, 15) is 27.6 Å². The predicted octanol–water partition coefficient (Wildman–Crippen LogP) is 0.245. The molecule has 3 amide bonds. The van der Waals surface area contributed by atoms with Gasteiger partial charge in [0.05, 0.1) is 12.5 Å². The van der Waals surface area contributed by atoms with Crippen LogP contribution in [-0.2, 0) is 14.4 Å². The van der Waals surface area contributed by atoms with Gasteiger partial charge in [-0.05, 0) is 6.42 Å². The molecule has 0 bridgehead atoms. The number of carbonyl (C=O) groups is 3. The lowest BCUT2D eigenvalue weighted by Crippen LogP contribution is -2.54. The summed E-state index contributed by atoms with van der Waals surface area (Å²) in [4.78, 5) is 32.6. The lowest BCUT2D eigenvalue weighted by Gasteiger charge is -2.20. The van der Waals surface area contributed by atoms with Crippen LogP contribution in [0.4, 0.5) is 13.2 Å². The zero-order chi connectivity index (χ0) is 17.2. The van der Waals surface area contributed by atoms with E-state index in [-0.39, 0.29) is 18.0 Å². The number of hydroxylamine groups is 2. The molecule has 8 nitrogen and oxygen atoms in total. The predicted molar refractivity (Wildman–Crippen MR) is 67.7 cm³/mol. The topological polar surface area (TPSA) is 111 Å². The van der Waals surface area contributed by atoms with Crippen LogP contribution in [0, 0.1) is 5.92 Å². The maximum atomic E-state index is 11.9. The second-order valence-electron chi connectivity index (χ2n) is 4.49. The van der Waals surface area contributed by atoms with E-state index < -0.39 is 23.9 Å². The normalized spacial score (nSPS) is 12.4. The fraction of sp³-hybridized carbons (Fsp3) is 0.727. The van der Waals surface area contributed by atoms with Gasteiger partial charge in [-0.25, -0.2) is 5.06 Å². The fourth-order valence-electron chi connectivity index (χ4n) is 1.54. The Morgan fingerprint density at radius 3 is 2.41 bits per heavy atom. The summed E-state index contributed by atoms with van der Waals surface area (Å²) < 4.78 is 35.7. The average molecular weight is 328 g/mol. The molecule has 0 spiro atoms. The van der Waals surface area contributed by atoms with Crippen LogP contribution in [0.2, 0.25) is 0 Å². The molecule has 1 unspecified atom stereocenters. The van der Waals surface area contributed by atoms with Crippen molar-refractivity contribution in [3.63, 3.8) is 0 Å². The maximum Gasteiger partial charge on any atom is 0.472 e. The molecule has 128 valence electrons. The van der Waals surface area contributed by atoms with E-state index in [2.05, 4.69) is 0 Å². The van der Waals surface area contributed by atoms with Gasteiger partial charge in [-0.1, -0.05) is 26.2 Å². The van der Waals surface area contributed by atoms with Gasteiger partial charge in [0.1, 0.15) is 0 Å². The van der Waals surface area contributed by atoms with Crippen LogP contribution in [0.25, 0.3) is 0 Å². The third-order valence-corrected chi connectivity index (χ3v) is 2.68. The van der Waals surface area contributed by atoms with E-state index in [1.54, 1.807) is 5.53 Å². The molecule has 0 aliphatic heterocycles. The van der Waals surface area contributed by atoms with Gasteiger partial charge >= 0.3 is 12.1 Å². The van der Waals surface area contributed by atoms with Crippen molar-refractivity contribution in [2.75, 3.05) is 6.54 Å². The Labute approximate surface area is 124 Å². The Morgan fingerprint density at radius 2 is 1.91 bits per heavy atom. The number of halogens is 3. The summed E-state index contributed by atoms with van der Waals surface area (Å²) in [5, 5.41) is 9.37. The first-order chi connectivity index (χ1) is 10.2. The minimum atomic E-state index is -5.09. The molecule has 4 N–H and O–H groups in total. The minimum Gasteiger partial charge on any atom is -0.286 e. The van der Waals surface area contributed by atoms with Gasteiger partial charge in [-0.3, -0.25) is 30.4 Å². The van der Waals surface area contributed by atoms with Crippen molar-refractivity contribution in [3.05, 3.63) is 0 Å². The molecule has 0 aromatic heterocycles. The molecule has 0 fully saturated rings. The molecule has 0 aromatic carbocycles. The molecule has 0 radical (unpaired) electrons. The summed E-state index contributed by atoms with van der Waals surface area (Å²) >= 11 is 0.